The summed E-state index contributed by atoms with van der Waals surface area (Å²) in [5.74, 6) is 0.690. The van der Waals surface area contributed by atoms with Gasteiger partial charge in [0.2, 0.25) is 0 Å². The fraction of sp³-hybridized carbons (Fsp3) is 0. The SMILES string of the molecule is c1ccc(-c2ccc(-c3cc(-c4ccccc4)nc(-c4ccc(-n5c6ccccc6c6c7c8ccccc8n(-c8ccc9ccccc9c8)c7ccc65)cc4)n3)cc2)cc1. The zero-order valence-electron chi connectivity index (χ0n) is 32.6. The van der Waals surface area contributed by atoms with Gasteiger partial charge in [-0.15, -0.1) is 0 Å². The highest BCUT2D eigenvalue weighted by Crippen LogP contribution is 2.43. The second kappa shape index (κ2) is 13.8. The Morgan fingerprint density at radius 3 is 1.37 bits per heavy atom. The van der Waals surface area contributed by atoms with Gasteiger partial charge in [0.15, 0.2) is 5.82 Å². The first-order valence-electron chi connectivity index (χ1n) is 20.4. The van der Waals surface area contributed by atoms with Crippen LogP contribution < -0.4 is 0 Å². The van der Waals surface area contributed by atoms with Crippen LogP contribution in [0, 0.1) is 0 Å². The van der Waals surface area contributed by atoms with Crippen LogP contribution in [0.4, 0.5) is 0 Å². The Morgan fingerprint density at radius 1 is 0.283 bits per heavy atom. The maximum Gasteiger partial charge on any atom is 0.160 e. The van der Waals surface area contributed by atoms with E-state index in [1.54, 1.807) is 0 Å². The maximum absolute atomic E-state index is 5.18. The lowest BCUT2D eigenvalue weighted by molar-refractivity contribution is 1.16. The Kier molecular flexibility index (Phi) is 7.82. The lowest BCUT2D eigenvalue weighted by atomic mass is 10.0. The Morgan fingerprint density at radius 2 is 0.733 bits per heavy atom. The Hall–Kier alpha value is -8.08. The topological polar surface area (TPSA) is 35.6 Å². The van der Waals surface area contributed by atoms with Crippen LogP contribution in [0.5, 0.6) is 0 Å². The van der Waals surface area contributed by atoms with Gasteiger partial charge >= 0.3 is 0 Å². The first kappa shape index (κ1) is 34.0. The van der Waals surface area contributed by atoms with E-state index in [2.05, 4.69) is 215 Å². The summed E-state index contributed by atoms with van der Waals surface area (Å²) in [5.41, 5.74) is 14.2. The summed E-state index contributed by atoms with van der Waals surface area (Å²) >= 11 is 0. The third-order valence-corrected chi connectivity index (χ3v) is 11.9. The van der Waals surface area contributed by atoms with Crippen molar-refractivity contribution in [2.24, 2.45) is 0 Å². The van der Waals surface area contributed by atoms with Crippen LogP contribution >= 0.6 is 0 Å². The number of aromatic nitrogens is 4. The fourth-order valence-electron chi connectivity index (χ4n) is 9.10. The van der Waals surface area contributed by atoms with Gasteiger partial charge in [-0.25, -0.2) is 9.97 Å². The third-order valence-electron chi connectivity index (χ3n) is 11.9. The highest BCUT2D eigenvalue weighted by atomic mass is 15.0. The second-order valence-electron chi connectivity index (χ2n) is 15.4. The molecule has 0 amide bonds. The number of hydrogen-bond acceptors (Lipinski definition) is 2. The summed E-state index contributed by atoms with van der Waals surface area (Å²) in [6, 6.07) is 77.9. The molecule has 0 saturated carbocycles. The van der Waals surface area contributed by atoms with E-state index in [-0.39, 0.29) is 0 Å². The fourth-order valence-corrected chi connectivity index (χ4v) is 9.10. The molecular formula is C56H36N4. The maximum atomic E-state index is 5.18. The van der Waals surface area contributed by atoms with Crippen LogP contribution in [-0.2, 0) is 0 Å². The van der Waals surface area contributed by atoms with E-state index in [0.717, 1.165) is 39.5 Å². The Labute approximate surface area is 346 Å². The first-order chi connectivity index (χ1) is 29.7. The van der Waals surface area contributed by atoms with Crippen LogP contribution in [0.1, 0.15) is 0 Å². The molecule has 3 heterocycles. The first-order valence-corrected chi connectivity index (χ1v) is 20.4. The highest BCUT2D eigenvalue weighted by Gasteiger charge is 2.21. The summed E-state index contributed by atoms with van der Waals surface area (Å²) in [5, 5.41) is 7.45. The minimum Gasteiger partial charge on any atom is -0.309 e. The van der Waals surface area contributed by atoms with E-state index in [1.165, 1.54) is 65.5 Å². The number of nitrogens with zero attached hydrogens (tertiary/aromatic N) is 4. The summed E-state index contributed by atoms with van der Waals surface area (Å²) in [4.78, 5) is 10.3. The van der Waals surface area contributed by atoms with Gasteiger partial charge < -0.3 is 9.13 Å². The van der Waals surface area contributed by atoms with E-state index in [4.69, 9.17) is 9.97 Å². The van der Waals surface area contributed by atoms with Crippen molar-refractivity contribution in [2.45, 2.75) is 0 Å². The predicted octanol–water partition coefficient (Wildman–Crippen LogP) is 14.5. The zero-order valence-corrected chi connectivity index (χ0v) is 32.6. The zero-order chi connectivity index (χ0) is 39.6. The minimum absolute atomic E-state index is 0.690. The molecule has 0 atom stereocenters. The normalized spacial score (nSPS) is 11.7. The number of para-hydroxylation sites is 2. The molecule has 0 radical (unpaired) electrons. The van der Waals surface area contributed by atoms with Gasteiger partial charge in [-0.3, -0.25) is 0 Å². The Bertz CT molecular complexity index is 3560. The van der Waals surface area contributed by atoms with E-state index < -0.39 is 0 Å². The van der Waals surface area contributed by atoms with E-state index >= 15 is 0 Å². The van der Waals surface area contributed by atoms with Crippen molar-refractivity contribution in [2.75, 3.05) is 0 Å². The van der Waals surface area contributed by atoms with Gasteiger partial charge in [0, 0.05) is 49.6 Å². The predicted molar refractivity (Wildman–Crippen MR) is 250 cm³/mol. The van der Waals surface area contributed by atoms with Crippen molar-refractivity contribution in [1.82, 2.24) is 19.1 Å². The third kappa shape index (κ3) is 5.53. The molecule has 9 aromatic carbocycles. The van der Waals surface area contributed by atoms with Gasteiger partial charge in [0.1, 0.15) is 0 Å². The Balaban J connectivity index is 0.998. The van der Waals surface area contributed by atoms with Crippen LogP contribution in [0.2, 0.25) is 0 Å². The van der Waals surface area contributed by atoms with Crippen molar-refractivity contribution in [3.63, 3.8) is 0 Å². The molecule has 280 valence electrons. The molecule has 0 aliphatic carbocycles. The van der Waals surface area contributed by atoms with Gasteiger partial charge in [-0.1, -0.05) is 152 Å². The summed E-state index contributed by atoms with van der Waals surface area (Å²) in [7, 11) is 0. The molecule has 12 rings (SSSR count). The molecule has 0 unspecified atom stereocenters. The molecule has 0 aliphatic heterocycles. The highest BCUT2D eigenvalue weighted by molar-refractivity contribution is 6.29. The van der Waals surface area contributed by atoms with Crippen molar-refractivity contribution >= 4 is 54.4 Å². The molecule has 60 heavy (non-hydrogen) atoms. The van der Waals surface area contributed by atoms with Crippen molar-refractivity contribution < 1.29 is 0 Å². The molecule has 0 bridgehead atoms. The molecular weight excluding hydrogens is 729 g/mol. The monoisotopic (exact) mass is 764 g/mol. The summed E-state index contributed by atoms with van der Waals surface area (Å²) < 4.78 is 4.82. The van der Waals surface area contributed by atoms with E-state index in [9.17, 15) is 0 Å². The largest absolute Gasteiger partial charge is 0.309 e. The molecule has 4 nitrogen and oxygen atoms in total. The van der Waals surface area contributed by atoms with Crippen molar-refractivity contribution in [3.05, 3.63) is 218 Å². The lowest BCUT2D eigenvalue weighted by Crippen LogP contribution is -1.97. The number of fused-ring (bicyclic) bond motifs is 8. The van der Waals surface area contributed by atoms with Crippen LogP contribution in [0.15, 0.2) is 218 Å². The number of rotatable bonds is 6. The van der Waals surface area contributed by atoms with E-state index in [0.29, 0.717) is 5.82 Å². The van der Waals surface area contributed by atoms with Crippen molar-refractivity contribution in [1.29, 1.82) is 0 Å². The molecule has 4 heteroatoms. The van der Waals surface area contributed by atoms with Crippen molar-refractivity contribution in [3.8, 4) is 56.4 Å². The quantitative estimate of drug-likeness (QED) is 0.169. The van der Waals surface area contributed by atoms with Crippen LogP contribution in [-0.4, -0.2) is 19.1 Å². The lowest BCUT2D eigenvalue weighted by Gasteiger charge is -2.12. The molecule has 0 saturated heterocycles. The van der Waals surface area contributed by atoms with Crippen LogP contribution in [0.25, 0.3) is 111 Å². The molecule has 0 N–H and O–H groups in total. The standard InChI is InChI=1S/C56H36N4/c1-3-13-37(14-4-1)39-23-25-41(26-24-39)49-36-48(40-16-5-2-6-17-40)57-56(58-49)42-28-30-44(31-29-42)59-50-21-11-9-19-46(50)54-52(59)33-34-53-55(54)47-20-10-12-22-51(47)60(53)45-32-27-38-15-7-8-18-43(38)35-45/h1-36H. The second-order valence-corrected chi connectivity index (χ2v) is 15.4. The van der Waals surface area contributed by atoms with Gasteiger partial charge in [0.05, 0.1) is 33.5 Å². The molecule has 0 aliphatic rings. The summed E-state index contributed by atoms with van der Waals surface area (Å²) in [6.07, 6.45) is 0. The molecule has 0 fully saturated rings. The number of benzene rings is 9. The average Bonchev–Trinajstić information content (AvgIpc) is 3.85. The molecule has 12 aromatic rings. The van der Waals surface area contributed by atoms with Crippen LogP contribution in [0.3, 0.4) is 0 Å². The van der Waals surface area contributed by atoms with Gasteiger partial charge in [-0.05, 0) is 88.6 Å². The van der Waals surface area contributed by atoms with E-state index in [1.807, 2.05) is 12.1 Å². The smallest absolute Gasteiger partial charge is 0.160 e. The average molecular weight is 765 g/mol. The number of hydrogen-bond donors (Lipinski definition) is 0. The summed E-state index contributed by atoms with van der Waals surface area (Å²) in [6.45, 7) is 0. The minimum atomic E-state index is 0.690. The molecule has 3 aromatic heterocycles. The molecule has 0 spiro atoms. The van der Waals surface area contributed by atoms with Gasteiger partial charge in [0.25, 0.3) is 0 Å². The van der Waals surface area contributed by atoms with Gasteiger partial charge in [-0.2, -0.15) is 0 Å².